The lowest BCUT2D eigenvalue weighted by molar-refractivity contribution is 0.0517. The summed E-state index contributed by atoms with van der Waals surface area (Å²) in [5, 5.41) is 12.4. The third-order valence-corrected chi connectivity index (χ3v) is 3.62. The maximum Gasteiger partial charge on any atom is 0.274 e. The fraction of sp³-hybridized carbons (Fsp3) is 0.615. The summed E-state index contributed by atoms with van der Waals surface area (Å²) in [6.07, 6.45) is 4.44. The summed E-state index contributed by atoms with van der Waals surface area (Å²) in [6, 6.07) is 0. The summed E-state index contributed by atoms with van der Waals surface area (Å²) < 4.78 is 0. The van der Waals surface area contributed by atoms with Crippen molar-refractivity contribution in [3.05, 3.63) is 18.1 Å². The van der Waals surface area contributed by atoms with Crippen LogP contribution in [0.15, 0.2) is 12.4 Å². The van der Waals surface area contributed by atoms with Crippen LogP contribution in [0.2, 0.25) is 0 Å². The highest BCUT2D eigenvalue weighted by Gasteiger charge is 2.26. The Balaban J connectivity index is 2.01. The Kier molecular flexibility index (Phi) is 4.31. The molecule has 0 bridgehead atoms. The minimum Gasteiger partial charge on any atom is -0.393 e. The molecule has 2 N–H and O–H groups in total. The lowest BCUT2D eigenvalue weighted by Crippen LogP contribution is -2.41. The van der Waals surface area contributed by atoms with Gasteiger partial charge in [-0.15, -0.1) is 0 Å². The smallest absolute Gasteiger partial charge is 0.274 e. The van der Waals surface area contributed by atoms with E-state index < -0.39 is 0 Å². The Bertz CT molecular complexity index is 442. The van der Waals surface area contributed by atoms with Gasteiger partial charge in [-0.1, -0.05) is 0 Å². The number of aliphatic hydroxyl groups excluding tert-OH is 1. The fourth-order valence-electron chi connectivity index (χ4n) is 2.34. The topological polar surface area (TPSA) is 78.4 Å². The normalized spacial score (nSPS) is 18.2. The largest absolute Gasteiger partial charge is 0.393 e. The van der Waals surface area contributed by atoms with Gasteiger partial charge in [0.15, 0.2) is 0 Å². The number of piperidine rings is 1. The van der Waals surface area contributed by atoms with Gasteiger partial charge in [-0.3, -0.25) is 9.78 Å². The second-order valence-corrected chi connectivity index (χ2v) is 4.91. The predicted octanol–water partition coefficient (Wildman–Crippen LogP) is 0.751. The molecule has 1 aromatic rings. The Morgan fingerprint density at radius 1 is 1.47 bits per heavy atom. The van der Waals surface area contributed by atoms with Gasteiger partial charge in [0.05, 0.1) is 18.5 Å². The van der Waals surface area contributed by atoms with Crippen LogP contribution in [0.1, 0.15) is 30.3 Å². The molecule has 0 saturated carbocycles. The number of anilines is 1. The van der Waals surface area contributed by atoms with E-state index in [1.165, 1.54) is 6.20 Å². The number of hydrogen-bond donors (Lipinski definition) is 2. The molecular weight excluding hydrogens is 244 g/mol. The second-order valence-electron chi connectivity index (χ2n) is 4.91. The third-order valence-electron chi connectivity index (χ3n) is 3.62. The zero-order valence-corrected chi connectivity index (χ0v) is 11.3. The number of carbonyl (C=O) groups excluding carboxylic acids is 1. The molecule has 19 heavy (non-hydrogen) atoms. The maximum absolute atomic E-state index is 12.3. The zero-order chi connectivity index (χ0) is 13.8. The van der Waals surface area contributed by atoms with Crippen molar-refractivity contribution in [3.8, 4) is 0 Å². The van der Waals surface area contributed by atoms with E-state index >= 15 is 0 Å². The van der Waals surface area contributed by atoms with Crippen molar-refractivity contribution in [1.82, 2.24) is 14.9 Å². The minimum absolute atomic E-state index is 0.0892. The number of carbonyl (C=O) groups is 1. The van der Waals surface area contributed by atoms with E-state index in [4.69, 9.17) is 0 Å². The molecular formula is C13H20N4O2. The molecule has 1 amide bonds. The molecule has 1 fully saturated rings. The molecule has 0 aromatic carbocycles. The van der Waals surface area contributed by atoms with Gasteiger partial charge in [0.2, 0.25) is 0 Å². The lowest BCUT2D eigenvalue weighted by Gasteiger charge is -2.33. The first-order valence-electron chi connectivity index (χ1n) is 6.59. The minimum atomic E-state index is -0.301. The van der Waals surface area contributed by atoms with Gasteiger partial charge >= 0.3 is 0 Å². The monoisotopic (exact) mass is 264 g/mol. The maximum atomic E-state index is 12.3. The number of rotatable bonds is 3. The summed E-state index contributed by atoms with van der Waals surface area (Å²) in [6.45, 7) is 3.14. The first kappa shape index (κ1) is 13.7. The SMILES string of the molecule is CNc1cncc(C(=O)N2CCC(C(C)O)CC2)n1. The van der Waals surface area contributed by atoms with Gasteiger partial charge in [0.1, 0.15) is 11.5 Å². The van der Waals surface area contributed by atoms with Crippen molar-refractivity contribution < 1.29 is 9.90 Å². The average Bonchev–Trinajstić information content (AvgIpc) is 2.46. The zero-order valence-electron chi connectivity index (χ0n) is 11.3. The van der Waals surface area contributed by atoms with Crippen molar-refractivity contribution in [1.29, 1.82) is 0 Å². The number of nitrogens with one attached hydrogen (secondary N) is 1. The van der Waals surface area contributed by atoms with E-state index in [9.17, 15) is 9.90 Å². The van der Waals surface area contributed by atoms with E-state index in [-0.39, 0.29) is 12.0 Å². The molecule has 1 aliphatic heterocycles. The quantitative estimate of drug-likeness (QED) is 0.842. The van der Waals surface area contributed by atoms with Crippen LogP contribution in [0.25, 0.3) is 0 Å². The van der Waals surface area contributed by atoms with E-state index in [2.05, 4.69) is 15.3 Å². The Morgan fingerprint density at radius 2 is 2.16 bits per heavy atom. The lowest BCUT2D eigenvalue weighted by atomic mass is 9.92. The molecule has 1 aromatic heterocycles. The van der Waals surface area contributed by atoms with Crippen LogP contribution in [-0.4, -0.2) is 52.1 Å². The van der Waals surface area contributed by atoms with E-state index in [0.29, 0.717) is 30.5 Å². The van der Waals surface area contributed by atoms with Crippen molar-refractivity contribution in [2.24, 2.45) is 5.92 Å². The van der Waals surface area contributed by atoms with Crippen molar-refractivity contribution in [2.45, 2.75) is 25.9 Å². The molecule has 1 saturated heterocycles. The van der Waals surface area contributed by atoms with E-state index in [1.54, 1.807) is 18.1 Å². The molecule has 104 valence electrons. The highest BCUT2D eigenvalue weighted by atomic mass is 16.3. The molecule has 6 nitrogen and oxygen atoms in total. The highest BCUT2D eigenvalue weighted by molar-refractivity contribution is 5.92. The van der Waals surface area contributed by atoms with Crippen LogP contribution >= 0.6 is 0 Å². The van der Waals surface area contributed by atoms with E-state index in [0.717, 1.165) is 12.8 Å². The first-order valence-corrected chi connectivity index (χ1v) is 6.59. The fourth-order valence-corrected chi connectivity index (χ4v) is 2.34. The molecule has 1 unspecified atom stereocenters. The number of amides is 1. The van der Waals surface area contributed by atoms with Crippen molar-refractivity contribution in [2.75, 3.05) is 25.5 Å². The summed E-state index contributed by atoms with van der Waals surface area (Å²) in [4.78, 5) is 22.3. The number of aromatic nitrogens is 2. The number of hydrogen-bond acceptors (Lipinski definition) is 5. The summed E-state index contributed by atoms with van der Waals surface area (Å²) in [5.41, 5.74) is 0.363. The Labute approximate surface area is 112 Å². The Morgan fingerprint density at radius 3 is 2.74 bits per heavy atom. The number of likely N-dealkylation sites (tertiary alicyclic amines) is 1. The van der Waals surface area contributed by atoms with Crippen LogP contribution < -0.4 is 5.32 Å². The third kappa shape index (κ3) is 3.20. The Hall–Kier alpha value is -1.69. The van der Waals surface area contributed by atoms with Gasteiger partial charge in [-0.2, -0.15) is 0 Å². The standard InChI is InChI=1S/C13H20N4O2/c1-9(18)10-3-5-17(6-4-10)13(19)11-7-15-8-12(14-2)16-11/h7-10,18H,3-6H2,1-2H3,(H,14,16). The van der Waals surface area contributed by atoms with Gasteiger partial charge in [-0.05, 0) is 25.7 Å². The average molecular weight is 264 g/mol. The van der Waals surface area contributed by atoms with Gasteiger partial charge in [0.25, 0.3) is 5.91 Å². The summed E-state index contributed by atoms with van der Waals surface area (Å²) in [5.74, 6) is 0.789. The molecule has 0 radical (unpaired) electrons. The van der Waals surface area contributed by atoms with Crippen LogP contribution in [-0.2, 0) is 0 Å². The molecule has 6 heteroatoms. The number of aliphatic hydroxyl groups is 1. The molecule has 2 heterocycles. The van der Waals surface area contributed by atoms with E-state index in [1.807, 2.05) is 6.92 Å². The van der Waals surface area contributed by atoms with Crippen LogP contribution in [0.4, 0.5) is 5.82 Å². The van der Waals surface area contributed by atoms with Crippen LogP contribution in [0.5, 0.6) is 0 Å². The molecule has 0 spiro atoms. The summed E-state index contributed by atoms with van der Waals surface area (Å²) >= 11 is 0. The van der Waals surface area contributed by atoms with Gasteiger partial charge in [-0.25, -0.2) is 4.98 Å². The van der Waals surface area contributed by atoms with Crippen LogP contribution in [0.3, 0.4) is 0 Å². The molecule has 1 aliphatic rings. The molecule has 0 aliphatic carbocycles. The molecule has 2 rings (SSSR count). The first-order chi connectivity index (χ1) is 9.11. The van der Waals surface area contributed by atoms with Gasteiger partial charge < -0.3 is 15.3 Å². The predicted molar refractivity (Wildman–Crippen MR) is 71.9 cm³/mol. The number of nitrogens with zero attached hydrogens (tertiary/aromatic N) is 3. The van der Waals surface area contributed by atoms with Crippen LogP contribution in [0, 0.1) is 5.92 Å². The summed E-state index contributed by atoms with van der Waals surface area (Å²) in [7, 11) is 1.74. The van der Waals surface area contributed by atoms with Gasteiger partial charge in [0, 0.05) is 20.1 Å². The second kappa shape index (κ2) is 5.97. The molecule has 1 atom stereocenters. The van der Waals surface area contributed by atoms with Crippen molar-refractivity contribution >= 4 is 11.7 Å². The highest BCUT2D eigenvalue weighted by Crippen LogP contribution is 2.21. The van der Waals surface area contributed by atoms with Crippen molar-refractivity contribution in [3.63, 3.8) is 0 Å².